The van der Waals surface area contributed by atoms with E-state index in [0.717, 1.165) is 34.0 Å². The molecule has 3 aromatic carbocycles. The standard InChI is InChI=1S/C31H28FN5O2/c1-3-27-26-20-36(31(38)33-23-15-17-25(39-2)18-16-23)29(21-11-13-22(32)14-12-21)28-10-7-19-35(28)30(26)37(34-27)24-8-5-4-6-9-24/h4-19,29H,3,20H2,1-2H3,(H,33,38)/t29-/m1/s1. The molecule has 0 spiro atoms. The number of nitrogens with zero attached hydrogens (tertiary/aromatic N) is 4. The van der Waals surface area contributed by atoms with Gasteiger partial charge in [0.25, 0.3) is 0 Å². The fraction of sp³-hybridized carbons (Fsp3) is 0.161. The van der Waals surface area contributed by atoms with Gasteiger partial charge >= 0.3 is 6.03 Å². The van der Waals surface area contributed by atoms with Crippen LogP contribution >= 0.6 is 0 Å². The highest BCUT2D eigenvalue weighted by Gasteiger charge is 2.36. The number of urea groups is 1. The van der Waals surface area contributed by atoms with E-state index in [2.05, 4.69) is 16.8 Å². The lowest BCUT2D eigenvalue weighted by atomic mass is 10.0. The number of aryl methyl sites for hydroxylation is 1. The molecule has 6 rings (SSSR count). The van der Waals surface area contributed by atoms with Crippen LogP contribution in [0.5, 0.6) is 5.75 Å². The van der Waals surface area contributed by atoms with Crippen LogP contribution in [0.25, 0.3) is 11.5 Å². The van der Waals surface area contributed by atoms with E-state index in [1.165, 1.54) is 12.1 Å². The third-order valence-corrected chi connectivity index (χ3v) is 7.09. The molecule has 1 aliphatic heterocycles. The molecule has 0 unspecified atom stereocenters. The first-order chi connectivity index (χ1) is 19.1. The molecule has 0 radical (unpaired) electrons. The van der Waals surface area contributed by atoms with Gasteiger partial charge in [0.15, 0.2) is 0 Å². The predicted octanol–water partition coefficient (Wildman–Crippen LogP) is 6.51. The third-order valence-electron chi connectivity index (χ3n) is 7.09. The van der Waals surface area contributed by atoms with Crippen LogP contribution in [0.3, 0.4) is 0 Å². The number of nitrogens with one attached hydrogen (secondary N) is 1. The molecule has 5 aromatic rings. The van der Waals surface area contributed by atoms with Crippen LogP contribution in [0.4, 0.5) is 14.9 Å². The largest absolute Gasteiger partial charge is 0.497 e. The number of para-hydroxylation sites is 1. The summed E-state index contributed by atoms with van der Waals surface area (Å²) in [6.45, 7) is 2.38. The maximum Gasteiger partial charge on any atom is 0.322 e. The van der Waals surface area contributed by atoms with Crippen molar-refractivity contribution in [1.29, 1.82) is 0 Å². The Bertz CT molecular complexity index is 1610. The number of methoxy groups -OCH3 is 1. The van der Waals surface area contributed by atoms with Gasteiger partial charge in [0.05, 0.1) is 36.8 Å². The number of carbonyl (C=O) groups excluding carboxylic acids is 1. The zero-order valence-corrected chi connectivity index (χ0v) is 21.7. The van der Waals surface area contributed by atoms with Crippen LogP contribution in [0.1, 0.15) is 35.5 Å². The summed E-state index contributed by atoms with van der Waals surface area (Å²) in [4.78, 5) is 15.8. The number of halogens is 1. The Morgan fingerprint density at radius 3 is 2.44 bits per heavy atom. The molecule has 0 saturated carbocycles. The molecule has 0 fully saturated rings. The Morgan fingerprint density at radius 2 is 1.74 bits per heavy atom. The Kier molecular flexibility index (Phi) is 6.36. The molecule has 196 valence electrons. The molecule has 7 nitrogen and oxygen atoms in total. The number of hydrogen-bond acceptors (Lipinski definition) is 3. The number of anilines is 1. The number of benzene rings is 3. The summed E-state index contributed by atoms with van der Waals surface area (Å²) in [5, 5.41) is 8.03. The summed E-state index contributed by atoms with van der Waals surface area (Å²) >= 11 is 0. The highest BCUT2D eigenvalue weighted by Crippen LogP contribution is 2.39. The molecule has 3 heterocycles. The molecule has 2 amide bonds. The van der Waals surface area contributed by atoms with E-state index in [4.69, 9.17) is 9.84 Å². The molecule has 1 aliphatic rings. The monoisotopic (exact) mass is 521 g/mol. The van der Waals surface area contributed by atoms with E-state index in [0.29, 0.717) is 24.4 Å². The normalized spacial score (nSPS) is 14.3. The maximum absolute atomic E-state index is 14.0. The van der Waals surface area contributed by atoms with E-state index in [1.54, 1.807) is 48.4 Å². The third kappa shape index (κ3) is 4.44. The van der Waals surface area contributed by atoms with E-state index in [-0.39, 0.29) is 11.8 Å². The van der Waals surface area contributed by atoms with E-state index in [1.807, 2.05) is 53.3 Å². The Morgan fingerprint density at radius 1 is 1.00 bits per heavy atom. The fourth-order valence-electron chi connectivity index (χ4n) is 5.21. The van der Waals surface area contributed by atoms with Gasteiger partial charge in [-0.3, -0.25) is 0 Å². The van der Waals surface area contributed by atoms with Crippen molar-refractivity contribution in [2.75, 3.05) is 12.4 Å². The van der Waals surface area contributed by atoms with Crippen LogP contribution < -0.4 is 10.1 Å². The van der Waals surface area contributed by atoms with Gasteiger partial charge in [-0.1, -0.05) is 37.3 Å². The van der Waals surface area contributed by atoms with Crippen molar-refractivity contribution in [1.82, 2.24) is 19.2 Å². The van der Waals surface area contributed by atoms with Crippen molar-refractivity contribution in [3.05, 3.63) is 126 Å². The smallest absolute Gasteiger partial charge is 0.322 e. The molecule has 8 heteroatoms. The van der Waals surface area contributed by atoms with Crippen molar-refractivity contribution in [3.8, 4) is 17.3 Å². The van der Waals surface area contributed by atoms with Crippen LogP contribution in [0.2, 0.25) is 0 Å². The molecular weight excluding hydrogens is 493 g/mol. The first-order valence-corrected chi connectivity index (χ1v) is 12.9. The molecule has 2 aromatic heterocycles. The van der Waals surface area contributed by atoms with Crippen molar-refractivity contribution in [3.63, 3.8) is 0 Å². The average molecular weight is 522 g/mol. The van der Waals surface area contributed by atoms with Crippen LogP contribution in [0, 0.1) is 5.82 Å². The number of fused-ring (bicyclic) bond motifs is 3. The fourth-order valence-corrected chi connectivity index (χ4v) is 5.21. The minimum Gasteiger partial charge on any atom is -0.497 e. The first kappa shape index (κ1) is 24.5. The van der Waals surface area contributed by atoms with Gasteiger partial charge in [-0.15, -0.1) is 0 Å². The van der Waals surface area contributed by atoms with Gasteiger partial charge in [-0.2, -0.15) is 5.10 Å². The van der Waals surface area contributed by atoms with E-state index < -0.39 is 6.04 Å². The Balaban J connectivity index is 1.52. The van der Waals surface area contributed by atoms with Crippen molar-refractivity contribution < 1.29 is 13.9 Å². The van der Waals surface area contributed by atoms with E-state index in [9.17, 15) is 9.18 Å². The minimum absolute atomic E-state index is 0.274. The van der Waals surface area contributed by atoms with Crippen LogP contribution in [0.15, 0.2) is 97.2 Å². The minimum atomic E-state index is -0.472. The highest BCUT2D eigenvalue weighted by molar-refractivity contribution is 5.90. The second-order valence-corrected chi connectivity index (χ2v) is 9.39. The number of aromatic nitrogens is 3. The zero-order chi connectivity index (χ0) is 26.9. The molecule has 0 aliphatic carbocycles. The molecule has 0 saturated heterocycles. The summed E-state index contributed by atoms with van der Waals surface area (Å²) < 4.78 is 23.3. The first-order valence-electron chi connectivity index (χ1n) is 12.9. The number of amides is 2. The second-order valence-electron chi connectivity index (χ2n) is 9.39. The molecular formula is C31H28FN5O2. The van der Waals surface area contributed by atoms with Gasteiger partial charge in [-0.25, -0.2) is 13.9 Å². The van der Waals surface area contributed by atoms with Crippen molar-refractivity contribution >= 4 is 11.7 Å². The topological polar surface area (TPSA) is 64.3 Å². The summed E-state index contributed by atoms with van der Waals surface area (Å²) in [7, 11) is 1.60. The molecule has 1 N–H and O–H groups in total. The molecule has 39 heavy (non-hydrogen) atoms. The Hall–Kier alpha value is -4.85. The Labute approximate surface area is 226 Å². The van der Waals surface area contributed by atoms with Gasteiger partial charge in [0.2, 0.25) is 0 Å². The maximum atomic E-state index is 14.0. The average Bonchev–Trinajstić information content (AvgIpc) is 3.56. The van der Waals surface area contributed by atoms with Gasteiger partial charge < -0.3 is 19.5 Å². The number of carbonyl (C=O) groups is 1. The lowest BCUT2D eigenvalue weighted by molar-refractivity contribution is 0.194. The number of rotatable bonds is 5. The predicted molar refractivity (Wildman–Crippen MR) is 148 cm³/mol. The van der Waals surface area contributed by atoms with Gasteiger partial charge in [0, 0.05) is 17.4 Å². The van der Waals surface area contributed by atoms with Crippen LogP contribution in [-0.2, 0) is 13.0 Å². The zero-order valence-electron chi connectivity index (χ0n) is 21.7. The quantitative estimate of drug-likeness (QED) is 0.287. The molecule has 1 atom stereocenters. The summed E-state index contributed by atoms with van der Waals surface area (Å²) in [5.41, 5.74) is 5.15. The second kappa shape index (κ2) is 10.1. The lowest BCUT2D eigenvalue weighted by Crippen LogP contribution is -2.38. The summed E-state index contributed by atoms with van der Waals surface area (Å²) in [5.74, 6) is 1.27. The number of hydrogen-bond donors (Lipinski definition) is 1. The van der Waals surface area contributed by atoms with Crippen LogP contribution in [-0.4, -0.2) is 32.4 Å². The van der Waals surface area contributed by atoms with Crippen molar-refractivity contribution in [2.24, 2.45) is 0 Å². The van der Waals surface area contributed by atoms with Crippen molar-refractivity contribution in [2.45, 2.75) is 25.9 Å². The summed E-state index contributed by atoms with van der Waals surface area (Å²) in [6.07, 6.45) is 2.70. The van der Waals surface area contributed by atoms with Gasteiger partial charge in [0.1, 0.15) is 17.4 Å². The highest BCUT2D eigenvalue weighted by atomic mass is 19.1. The molecule has 0 bridgehead atoms. The van der Waals surface area contributed by atoms with Gasteiger partial charge in [-0.05, 0) is 72.6 Å². The van der Waals surface area contributed by atoms with E-state index >= 15 is 0 Å². The lowest BCUT2D eigenvalue weighted by Gasteiger charge is -2.31. The summed E-state index contributed by atoms with van der Waals surface area (Å²) in [6, 6.07) is 26.8. The SMILES string of the molecule is CCc1nn(-c2ccccc2)c2c1CN(C(=O)Nc1ccc(OC)cc1)[C@H](c1ccc(F)cc1)c1cccn1-2. The number of ether oxygens (including phenoxy) is 1.